The van der Waals surface area contributed by atoms with E-state index in [0.717, 1.165) is 24.1 Å². The maximum absolute atomic E-state index is 11.8. The molecule has 1 rings (SSSR count). The van der Waals surface area contributed by atoms with Crippen molar-refractivity contribution >= 4 is 29.1 Å². The summed E-state index contributed by atoms with van der Waals surface area (Å²) in [6, 6.07) is 5.45. The van der Waals surface area contributed by atoms with Crippen molar-refractivity contribution in [3.05, 3.63) is 28.8 Å². The molecule has 0 saturated carbocycles. The van der Waals surface area contributed by atoms with E-state index >= 15 is 0 Å². The highest BCUT2D eigenvalue weighted by Crippen LogP contribution is 2.24. The normalized spacial score (nSPS) is 10.3. The van der Waals surface area contributed by atoms with Gasteiger partial charge in [-0.1, -0.05) is 31.0 Å². The number of anilines is 1. The van der Waals surface area contributed by atoms with Crippen molar-refractivity contribution in [1.29, 1.82) is 0 Å². The Morgan fingerprint density at radius 3 is 2.67 bits per heavy atom. The second-order valence-corrected chi connectivity index (χ2v) is 5.49. The lowest BCUT2D eigenvalue weighted by atomic mass is 10.1. The van der Waals surface area contributed by atoms with E-state index in [1.54, 1.807) is 17.0 Å². The quantitative estimate of drug-likeness (QED) is 0.840. The van der Waals surface area contributed by atoms with Crippen LogP contribution in [0.25, 0.3) is 0 Å². The smallest absolute Gasteiger partial charge is 0.223 e. The van der Waals surface area contributed by atoms with E-state index in [4.69, 9.17) is 11.6 Å². The molecule has 0 aliphatic heterocycles. The van der Waals surface area contributed by atoms with Crippen LogP contribution in [0.2, 0.25) is 5.02 Å². The summed E-state index contributed by atoms with van der Waals surface area (Å²) in [6.07, 6.45) is 2.41. The van der Waals surface area contributed by atoms with Crippen molar-refractivity contribution in [2.75, 3.05) is 18.0 Å². The number of carbonyl (C=O) groups excluding carboxylic acids is 2. The molecular formula is C16H23ClN2O2. The Morgan fingerprint density at radius 2 is 2.05 bits per heavy atom. The molecular weight excluding hydrogens is 288 g/mol. The van der Waals surface area contributed by atoms with Gasteiger partial charge >= 0.3 is 0 Å². The van der Waals surface area contributed by atoms with E-state index in [0.29, 0.717) is 24.5 Å². The first-order chi connectivity index (χ1) is 9.95. The van der Waals surface area contributed by atoms with Crippen molar-refractivity contribution in [2.45, 2.75) is 40.0 Å². The first kappa shape index (κ1) is 17.5. The van der Waals surface area contributed by atoms with Gasteiger partial charge in [0.25, 0.3) is 0 Å². The zero-order valence-electron chi connectivity index (χ0n) is 12.9. The molecule has 0 aliphatic rings. The first-order valence-corrected chi connectivity index (χ1v) is 7.64. The molecule has 0 fully saturated rings. The number of nitrogens with one attached hydrogen (secondary N) is 1. The Hall–Kier alpha value is -1.55. The Labute approximate surface area is 131 Å². The van der Waals surface area contributed by atoms with Gasteiger partial charge in [-0.15, -0.1) is 0 Å². The van der Waals surface area contributed by atoms with E-state index in [9.17, 15) is 9.59 Å². The van der Waals surface area contributed by atoms with Crippen LogP contribution in [0.15, 0.2) is 18.2 Å². The molecule has 4 nitrogen and oxygen atoms in total. The van der Waals surface area contributed by atoms with Gasteiger partial charge in [0.15, 0.2) is 0 Å². The predicted molar refractivity (Wildman–Crippen MR) is 86.8 cm³/mol. The highest BCUT2D eigenvalue weighted by atomic mass is 35.5. The Bertz CT molecular complexity index is 503. The van der Waals surface area contributed by atoms with Gasteiger partial charge < -0.3 is 10.2 Å². The minimum atomic E-state index is -0.0665. The van der Waals surface area contributed by atoms with Crippen molar-refractivity contribution < 1.29 is 9.59 Å². The lowest BCUT2D eigenvalue weighted by Gasteiger charge is -2.23. The fraction of sp³-hybridized carbons (Fsp3) is 0.500. The first-order valence-electron chi connectivity index (χ1n) is 7.26. The molecule has 0 saturated heterocycles. The second kappa shape index (κ2) is 8.67. The van der Waals surface area contributed by atoms with Crippen LogP contribution < -0.4 is 10.2 Å². The van der Waals surface area contributed by atoms with Gasteiger partial charge in [0, 0.05) is 37.1 Å². The van der Waals surface area contributed by atoms with E-state index in [-0.39, 0.29) is 11.8 Å². The van der Waals surface area contributed by atoms with Crippen LogP contribution >= 0.6 is 11.6 Å². The van der Waals surface area contributed by atoms with Crippen LogP contribution in [0.1, 0.15) is 38.7 Å². The zero-order chi connectivity index (χ0) is 15.8. The molecule has 0 aliphatic carbocycles. The predicted octanol–water partition coefficient (Wildman–Crippen LogP) is 3.31. The summed E-state index contributed by atoms with van der Waals surface area (Å²) in [5.41, 5.74) is 1.77. The average molecular weight is 311 g/mol. The maximum Gasteiger partial charge on any atom is 0.223 e. The molecule has 1 aromatic carbocycles. The summed E-state index contributed by atoms with van der Waals surface area (Å²) in [5.74, 6) is -0.0358. The summed E-state index contributed by atoms with van der Waals surface area (Å²) in [4.78, 5) is 25.0. The molecule has 116 valence electrons. The Morgan fingerprint density at radius 1 is 1.33 bits per heavy atom. The van der Waals surface area contributed by atoms with Crippen LogP contribution in [0.5, 0.6) is 0 Å². The summed E-state index contributed by atoms with van der Waals surface area (Å²) < 4.78 is 0. The molecule has 0 spiro atoms. The van der Waals surface area contributed by atoms with Gasteiger partial charge in [0.2, 0.25) is 11.8 Å². The lowest BCUT2D eigenvalue weighted by Crippen LogP contribution is -2.37. The van der Waals surface area contributed by atoms with Crippen LogP contribution in [0.4, 0.5) is 5.69 Å². The van der Waals surface area contributed by atoms with Crippen molar-refractivity contribution in [2.24, 2.45) is 0 Å². The van der Waals surface area contributed by atoms with Crippen LogP contribution in [0.3, 0.4) is 0 Å². The fourth-order valence-corrected chi connectivity index (χ4v) is 2.22. The van der Waals surface area contributed by atoms with Gasteiger partial charge in [-0.25, -0.2) is 0 Å². The average Bonchev–Trinajstić information content (AvgIpc) is 2.44. The monoisotopic (exact) mass is 310 g/mol. The molecule has 1 aromatic rings. The number of rotatable bonds is 7. The number of hydrogen-bond donors (Lipinski definition) is 1. The third-order valence-electron chi connectivity index (χ3n) is 3.26. The number of halogens is 1. The van der Waals surface area contributed by atoms with Crippen LogP contribution in [-0.4, -0.2) is 24.9 Å². The number of carbonyl (C=O) groups is 2. The topological polar surface area (TPSA) is 49.4 Å². The summed E-state index contributed by atoms with van der Waals surface area (Å²) in [6.45, 7) is 6.37. The zero-order valence-corrected chi connectivity index (χ0v) is 13.7. The maximum atomic E-state index is 11.8. The van der Waals surface area contributed by atoms with Gasteiger partial charge in [0.05, 0.1) is 0 Å². The molecule has 0 atom stereocenters. The van der Waals surface area contributed by atoms with E-state index in [1.807, 2.05) is 19.9 Å². The minimum Gasteiger partial charge on any atom is -0.354 e. The largest absolute Gasteiger partial charge is 0.354 e. The molecule has 0 unspecified atom stereocenters. The van der Waals surface area contributed by atoms with Gasteiger partial charge in [0.1, 0.15) is 0 Å². The highest BCUT2D eigenvalue weighted by molar-refractivity contribution is 6.31. The molecule has 0 aromatic heterocycles. The SMILES string of the molecule is CCCCC(=O)NCCN(C(C)=O)c1cc(Cl)ccc1C. The van der Waals surface area contributed by atoms with Crippen LogP contribution in [0, 0.1) is 6.92 Å². The van der Waals surface area contributed by atoms with Gasteiger partial charge in [-0.05, 0) is 31.0 Å². The fourth-order valence-electron chi connectivity index (χ4n) is 2.05. The van der Waals surface area contributed by atoms with Gasteiger partial charge in [-0.3, -0.25) is 9.59 Å². The van der Waals surface area contributed by atoms with E-state index in [2.05, 4.69) is 5.32 Å². The molecule has 21 heavy (non-hydrogen) atoms. The van der Waals surface area contributed by atoms with Crippen molar-refractivity contribution in [3.63, 3.8) is 0 Å². The lowest BCUT2D eigenvalue weighted by molar-refractivity contribution is -0.121. The number of aryl methyl sites for hydroxylation is 1. The molecule has 0 bridgehead atoms. The molecule has 2 amide bonds. The van der Waals surface area contributed by atoms with Crippen LogP contribution in [-0.2, 0) is 9.59 Å². The minimum absolute atomic E-state index is 0.0307. The van der Waals surface area contributed by atoms with Crippen molar-refractivity contribution in [1.82, 2.24) is 5.32 Å². The number of benzene rings is 1. The second-order valence-electron chi connectivity index (χ2n) is 5.05. The Kier molecular flexibility index (Phi) is 7.23. The number of nitrogens with zero attached hydrogens (tertiary/aromatic N) is 1. The standard InChI is InChI=1S/C16H23ClN2O2/c1-4-5-6-16(21)18-9-10-19(13(3)20)15-11-14(17)8-7-12(15)2/h7-8,11H,4-6,9-10H2,1-3H3,(H,18,21). The molecule has 5 heteroatoms. The third-order valence-corrected chi connectivity index (χ3v) is 3.49. The molecule has 0 radical (unpaired) electrons. The summed E-state index contributed by atoms with van der Waals surface area (Å²) >= 11 is 6.00. The van der Waals surface area contributed by atoms with Gasteiger partial charge in [-0.2, -0.15) is 0 Å². The number of amides is 2. The number of unbranched alkanes of at least 4 members (excludes halogenated alkanes) is 1. The summed E-state index contributed by atoms with van der Waals surface area (Å²) in [7, 11) is 0. The van der Waals surface area contributed by atoms with E-state index in [1.165, 1.54) is 6.92 Å². The highest BCUT2D eigenvalue weighted by Gasteiger charge is 2.14. The van der Waals surface area contributed by atoms with Crippen molar-refractivity contribution in [3.8, 4) is 0 Å². The van der Waals surface area contributed by atoms with E-state index < -0.39 is 0 Å². The number of hydrogen-bond acceptors (Lipinski definition) is 2. The summed E-state index contributed by atoms with van der Waals surface area (Å²) in [5, 5.41) is 3.43. The molecule has 1 N–H and O–H groups in total. The Balaban J connectivity index is 2.65. The molecule has 0 heterocycles. The third kappa shape index (κ3) is 5.76.